The number of carbonyl (C=O) groups excluding carboxylic acids is 1. The molecule has 88 valence electrons. The lowest BCUT2D eigenvalue weighted by molar-refractivity contribution is 0.102. The Morgan fingerprint density at radius 1 is 1.41 bits per heavy atom. The monoisotopic (exact) mass is 234 g/mol. The van der Waals surface area contributed by atoms with Gasteiger partial charge in [0.15, 0.2) is 0 Å². The van der Waals surface area contributed by atoms with Gasteiger partial charge in [-0.05, 0) is 5.21 Å². The minimum atomic E-state index is -0.442. The molecule has 2 aromatic rings. The van der Waals surface area contributed by atoms with E-state index in [1.165, 1.54) is 6.20 Å². The fourth-order valence-corrected chi connectivity index (χ4v) is 1.06. The first-order chi connectivity index (χ1) is 8.16. The minimum absolute atomic E-state index is 0.0899. The molecule has 0 bridgehead atoms. The van der Waals surface area contributed by atoms with Crippen LogP contribution in [-0.2, 0) is 0 Å². The molecule has 0 spiro atoms. The van der Waals surface area contributed by atoms with Gasteiger partial charge in [-0.1, -0.05) is 5.10 Å². The van der Waals surface area contributed by atoms with Gasteiger partial charge in [-0.3, -0.25) is 15.1 Å². The summed E-state index contributed by atoms with van der Waals surface area (Å²) < 4.78 is 0. The Bertz CT molecular complexity index is 508. The third kappa shape index (κ3) is 2.51. The maximum absolute atomic E-state index is 11.7. The molecular formula is C8H10N8O. The van der Waals surface area contributed by atoms with Crippen molar-refractivity contribution in [1.29, 1.82) is 0 Å². The molecule has 1 amide bonds. The molecule has 0 aliphatic rings. The summed E-state index contributed by atoms with van der Waals surface area (Å²) in [5.41, 5.74) is 0.181. The van der Waals surface area contributed by atoms with Crippen LogP contribution in [0.3, 0.4) is 0 Å². The van der Waals surface area contributed by atoms with Crippen molar-refractivity contribution in [3.63, 3.8) is 0 Å². The molecule has 0 unspecified atom stereocenters. The van der Waals surface area contributed by atoms with Gasteiger partial charge in [-0.2, -0.15) is 5.21 Å². The van der Waals surface area contributed by atoms with E-state index in [1.807, 2.05) is 14.1 Å². The Kier molecular flexibility index (Phi) is 2.90. The molecule has 0 saturated heterocycles. The number of rotatable bonds is 3. The van der Waals surface area contributed by atoms with Crippen molar-refractivity contribution in [3.8, 4) is 0 Å². The Labute approximate surface area is 96.3 Å². The first kappa shape index (κ1) is 10.9. The summed E-state index contributed by atoms with van der Waals surface area (Å²) in [5.74, 6) is 0.236. The molecule has 9 nitrogen and oxygen atoms in total. The third-order valence-corrected chi connectivity index (χ3v) is 1.88. The van der Waals surface area contributed by atoms with Crippen molar-refractivity contribution in [2.45, 2.75) is 0 Å². The van der Waals surface area contributed by atoms with Gasteiger partial charge in [0.25, 0.3) is 11.9 Å². The topological polar surface area (TPSA) is 113 Å². The summed E-state index contributed by atoms with van der Waals surface area (Å²) in [6, 6.07) is 0. The van der Waals surface area contributed by atoms with Crippen LogP contribution in [0.2, 0.25) is 0 Å². The number of hydrogen-bond acceptors (Lipinski definition) is 7. The van der Waals surface area contributed by atoms with Crippen LogP contribution in [0.15, 0.2) is 12.4 Å². The Morgan fingerprint density at radius 3 is 2.88 bits per heavy atom. The zero-order chi connectivity index (χ0) is 12.3. The number of tetrazole rings is 1. The highest BCUT2D eigenvalue weighted by molar-refractivity contribution is 6.01. The normalized spacial score (nSPS) is 10.0. The van der Waals surface area contributed by atoms with Crippen LogP contribution in [0.4, 0.5) is 11.8 Å². The fraction of sp³-hybridized carbons (Fsp3) is 0.250. The molecule has 17 heavy (non-hydrogen) atoms. The minimum Gasteiger partial charge on any atom is -0.361 e. The summed E-state index contributed by atoms with van der Waals surface area (Å²) in [4.78, 5) is 21.5. The van der Waals surface area contributed by atoms with Crippen LogP contribution in [0.25, 0.3) is 0 Å². The molecule has 0 saturated carbocycles. The van der Waals surface area contributed by atoms with E-state index in [4.69, 9.17) is 0 Å². The smallest absolute Gasteiger partial charge is 0.278 e. The van der Waals surface area contributed by atoms with E-state index in [-0.39, 0.29) is 11.6 Å². The first-order valence-electron chi connectivity index (χ1n) is 4.71. The van der Waals surface area contributed by atoms with Crippen LogP contribution < -0.4 is 10.2 Å². The van der Waals surface area contributed by atoms with Gasteiger partial charge in [0, 0.05) is 14.1 Å². The zero-order valence-corrected chi connectivity index (χ0v) is 9.25. The number of carbonyl (C=O) groups is 1. The fourth-order valence-electron chi connectivity index (χ4n) is 1.06. The maximum atomic E-state index is 11.7. The van der Waals surface area contributed by atoms with E-state index in [0.29, 0.717) is 5.82 Å². The number of aromatic amines is 1. The van der Waals surface area contributed by atoms with Crippen LogP contribution in [0, 0.1) is 0 Å². The lowest BCUT2D eigenvalue weighted by Crippen LogP contribution is -2.18. The van der Waals surface area contributed by atoms with E-state index in [1.54, 1.807) is 11.1 Å². The standard InChI is InChI=1S/C8H10N8O/c1-16(2)6-4-9-3-5(10-6)7(17)11-8-12-14-15-13-8/h3-4H,1-2H3,(H2,11,12,13,14,15,17). The average molecular weight is 234 g/mol. The molecule has 2 heterocycles. The summed E-state index contributed by atoms with van der Waals surface area (Å²) in [6.45, 7) is 0. The van der Waals surface area contributed by atoms with Crippen LogP contribution in [-0.4, -0.2) is 50.6 Å². The van der Waals surface area contributed by atoms with Gasteiger partial charge < -0.3 is 4.90 Å². The second-order valence-electron chi connectivity index (χ2n) is 3.35. The number of hydrogen-bond donors (Lipinski definition) is 2. The molecule has 0 radical (unpaired) electrons. The van der Waals surface area contributed by atoms with Crippen molar-refractivity contribution in [2.75, 3.05) is 24.3 Å². The molecule has 9 heteroatoms. The molecule has 0 aliphatic heterocycles. The highest BCUT2D eigenvalue weighted by Gasteiger charge is 2.11. The number of nitrogens with zero attached hydrogens (tertiary/aromatic N) is 6. The summed E-state index contributed by atoms with van der Waals surface area (Å²) >= 11 is 0. The van der Waals surface area contributed by atoms with E-state index in [2.05, 4.69) is 35.9 Å². The van der Waals surface area contributed by atoms with Gasteiger partial charge in [0.1, 0.15) is 11.5 Å². The van der Waals surface area contributed by atoms with Crippen molar-refractivity contribution in [1.82, 2.24) is 30.6 Å². The molecule has 0 aliphatic carbocycles. The Balaban J connectivity index is 2.16. The predicted octanol–water partition coefficient (Wildman–Crippen LogP) is -0.692. The van der Waals surface area contributed by atoms with Crippen molar-refractivity contribution >= 4 is 17.7 Å². The van der Waals surface area contributed by atoms with Crippen molar-refractivity contribution < 1.29 is 4.79 Å². The average Bonchev–Trinajstić information content (AvgIpc) is 2.82. The lowest BCUT2D eigenvalue weighted by atomic mass is 10.4. The predicted molar refractivity (Wildman–Crippen MR) is 58.5 cm³/mol. The van der Waals surface area contributed by atoms with Crippen LogP contribution >= 0.6 is 0 Å². The second-order valence-corrected chi connectivity index (χ2v) is 3.35. The van der Waals surface area contributed by atoms with Gasteiger partial charge in [0.05, 0.1) is 12.4 Å². The molecule has 2 N–H and O–H groups in total. The van der Waals surface area contributed by atoms with Gasteiger partial charge in [0.2, 0.25) is 0 Å². The molecule has 0 fully saturated rings. The van der Waals surface area contributed by atoms with Gasteiger partial charge in [-0.15, -0.1) is 5.10 Å². The third-order valence-electron chi connectivity index (χ3n) is 1.88. The van der Waals surface area contributed by atoms with Gasteiger partial charge in [-0.25, -0.2) is 4.98 Å². The SMILES string of the molecule is CN(C)c1cncc(C(=O)Nc2nn[nH]n2)n1. The first-order valence-corrected chi connectivity index (χ1v) is 4.71. The number of nitrogens with one attached hydrogen (secondary N) is 2. The van der Waals surface area contributed by atoms with E-state index < -0.39 is 5.91 Å². The summed E-state index contributed by atoms with van der Waals surface area (Å²) in [7, 11) is 3.62. The molecule has 0 aromatic carbocycles. The zero-order valence-electron chi connectivity index (χ0n) is 9.25. The molecule has 0 atom stereocenters. The Hall–Kier alpha value is -2.58. The van der Waals surface area contributed by atoms with Crippen molar-refractivity contribution in [3.05, 3.63) is 18.1 Å². The van der Waals surface area contributed by atoms with E-state index in [0.717, 1.165) is 0 Å². The summed E-state index contributed by atoms with van der Waals surface area (Å²) in [6.07, 6.45) is 2.92. The second kappa shape index (κ2) is 4.51. The molecular weight excluding hydrogens is 224 g/mol. The maximum Gasteiger partial charge on any atom is 0.278 e. The highest BCUT2D eigenvalue weighted by atomic mass is 16.2. The highest BCUT2D eigenvalue weighted by Crippen LogP contribution is 2.06. The number of H-pyrrole nitrogens is 1. The number of amides is 1. The quantitative estimate of drug-likeness (QED) is 0.722. The van der Waals surface area contributed by atoms with Crippen molar-refractivity contribution in [2.24, 2.45) is 0 Å². The van der Waals surface area contributed by atoms with E-state index in [9.17, 15) is 4.79 Å². The molecule has 2 rings (SSSR count). The summed E-state index contributed by atoms with van der Waals surface area (Å²) in [5, 5.41) is 15.2. The van der Waals surface area contributed by atoms with E-state index >= 15 is 0 Å². The van der Waals surface area contributed by atoms with Gasteiger partial charge >= 0.3 is 0 Å². The Morgan fingerprint density at radius 2 is 2.24 bits per heavy atom. The van der Waals surface area contributed by atoms with Crippen LogP contribution in [0.5, 0.6) is 0 Å². The lowest BCUT2D eigenvalue weighted by Gasteiger charge is -2.10. The number of aromatic nitrogens is 6. The number of anilines is 2. The molecule has 2 aromatic heterocycles. The van der Waals surface area contributed by atoms with Crippen LogP contribution in [0.1, 0.15) is 10.5 Å². The largest absolute Gasteiger partial charge is 0.361 e.